The largest absolute Gasteiger partial charge is 0.127 e. The Morgan fingerprint density at radius 1 is 1.25 bits per heavy atom. The van der Waals surface area contributed by atoms with Crippen molar-refractivity contribution in [2.45, 2.75) is 24.1 Å². The van der Waals surface area contributed by atoms with Crippen molar-refractivity contribution in [3.63, 3.8) is 0 Å². The lowest BCUT2D eigenvalue weighted by atomic mass is 10.00. The zero-order chi connectivity index (χ0) is 10.9. The number of hydrogen-bond donors (Lipinski definition) is 0. The molecule has 5 atom stereocenters. The van der Waals surface area contributed by atoms with E-state index in [1.807, 2.05) is 6.07 Å². The van der Waals surface area contributed by atoms with Gasteiger partial charge in [0, 0.05) is 4.88 Å². The van der Waals surface area contributed by atoms with Crippen molar-refractivity contribution in [2.24, 2.45) is 29.6 Å². The lowest BCUT2D eigenvalue weighted by Crippen LogP contribution is -2.02. The highest BCUT2D eigenvalue weighted by atomic mass is 79.9. The van der Waals surface area contributed by atoms with Crippen LogP contribution in [0.2, 0.25) is 4.34 Å². The third-order valence-electron chi connectivity index (χ3n) is 5.00. The van der Waals surface area contributed by atoms with Crippen LogP contribution in [0, 0.1) is 29.6 Å². The van der Waals surface area contributed by atoms with Gasteiger partial charge < -0.3 is 0 Å². The van der Waals surface area contributed by atoms with Gasteiger partial charge in [0.1, 0.15) is 0 Å². The molecule has 4 rings (SSSR count). The quantitative estimate of drug-likeness (QED) is 0.663. The van der Waals surface area contributed by atoms with Gasteiger partial charge in [-0.2, -0.15) is 0 Å². The van der Waals surface area contributed by atoms with E-state index < -0.39 is 0 Å². The number of thiophene rings is 1. The third-order valence-corrected chi connectivity index (χ3v) is 7.72. The Labute approximate surface area is 114 Å². The maximum absolute atomic E-state index is 6.02. The summed E-state index contributed by atoms with van der Waals surface area (Å²) < 4.78 is 0.924. The van der Waals surface area contributed by atoms with Gasteiger partial charge in [-0.15, -0.1) is 11.3 Å². The van der Waals surface area contributed by atoms with Crippen LogP contribution in [0.3, 0.4) is 0 Å². The minimum atomic E-state index is 0.573. The molecule has 3 aliphatic carbocycles. The molecule has 86 valence electrons. The predicted octanol–water partition coefficient (Wildman–Crippen LogP) is 5.13. The summed E-state index contributed by atoms with van der Waals surface area (Å²) in [4.78, 5) is 2.01. The fourth-order valence-electron chi connectivity index (χ4n) is 4.45. The molecule has 16 heavy (non-hydrogen) atoms. The van der Waals surface area contributed by atoms with E-state index in [4.69, 9.17) is 11.6 Å². The number of halogens is 2. The first-order valence-corrected chi connectivity index (χ1v) is 8.26. The molecule has 3 heteroatoms. The molecule has 0 saturated heterocycles. The topological polar surface area (TPSA) is 0 Å². The van der Waals surface area contributed by atoms with Crippen LogP contribution in [-0.2, 0) is 0 Å². The molecule has 3 saturated carbocycles. The minimum absolute atomic E-state index is 0.573. The summed E-state index contributed by atoms with van der Waals surface area (Å²) in [5.41, 5.74) is 0. The molecule has 1 aromatic heterocycles. The van der Waals surface area contributed by atoms with Crippen LogP contribution in [0.1, 0.15) is 29.0 Å². The number of alkyl halides is 1. The highest BCUT2D eigenvalue weighted by Gasteiger charge is 2.66. The van der Waals surface area contributed by atoms with Crippen LogP contribution in [0.25, 0.3) is 0 Å². The van der Waals surface area contributed by atoms with E-state index >= 15 is 0 Å². The monoisotopic (exact) mass is 316 g/mol. The number of rotatable bonds is 2. The summed E-state index contributed by atoms with van der Waals surface area (Å²) in [5.74, 6) is 5.14. The summed E-state index contributed by atoms with van der Waals surface area (Å²) >= 11 is 11.7. The van der Waals surface area contributed by atoms with Gasteiger partial charge in [0.2, 0.25) is 0 Å². The van der Waals surface area contributed by atoms with Crippen LogP contribution in [0.15, 0.2) is 12.1 Å². The lowest BCUT2D eigenvalue weighted by molar-refractivity contribution is 0.456. The smallest absolute Gasteiger partial charge is 0.0931 e. The van der Waals surface area contributed by atoms with Crippen molar-refractivity contribution in [2.75, 3.05) is 0 Å². The maximum atomic E-state index is 6.02. The van der Waals surface area contributed by atoms with Crippen molar-refractivity contribution >= 4 is 38.9 Å². The van der Waals surface area contributed by atoms with E-state index in [-0.39, 0.29) is 0 Å². The molecule has 1 aromatic rings. The Morgan fingerprint density at radius 2 is 1.94 bits per heavy atom. The Hall–Kier alpha value is 0.470. The minimum Gasteiger partial charge on any atom is -0.127 e. The molecule has 0 radical (unpaired) electrons. The molecule has 2 bridgehead atoms. The number of fused-ring (bicyclic) bond motifs is 5. The van der Waals surface area contributed by atoms with Crippen molar-refractivity contribution < 1.29 is 0 Å². The van der Waals surface area contributed by atoms with Crippen LogP contribution < -0.4 is 0 Å². The Kier molecular flexibility index (Phi) is 2.27. The molecule has 5 unspecified atom stereocenters. The zero-order valence-electron chi connectivity index (χ0n) is 8.90. The maximum Gasteiger partial charge on any atom is 0.0931 e. The summed E-state index contributed by atoms with van der Waals surface area (Å²) in [5, 5.41) is 0. The van der Waals surface area contributed by atoms with E-state index in [9.17, 15) is 0 Å². The first-order chi connectivity index (χ1) is 7.75. The average molecular weight is 318 g/mol. The van der Waals surface area contributed by atoms with Gasteiger partial charge in [-0.1, -0.05) is 27.5 Å². The molecule has 1 heterocycles. The summed E-state index contributed by atoms with van der Waals surface area (Å²) in [6.45, 7) is 0. The molecule has 0 aliphatic heterocycles. The molecule has 0 amide bonds. The van der Waals surface area contributed by atoms with Crippen molar-refractivity contribution in [3.8, 4) is 0 Å². The fourth-order valence-corrected chi connectivity index (χ4v) is 6.69. The van der Waals surface area contributed by atoms with Crippen molar-refractivity contribution in [1.82, 2.24) is 0 Å². The predicted molar refractivity (Wildman–Crippen MR) is 72.3 cm³/mol. The average Bonchev–Trinajstić information content (AvgIpc) is 2.68. The van der Waals surface area contributed by atoms with E-state index in [0.717, 1.165) is 33.9 Å². The Balaban J connectivity index is 1.57. The van der Waals surface area contributed by atoms with Gasteiger partial charge >= 0.3 is 0 Å². The van der Waals surface area contributed by atoms with Gasteiger partial charge in [-0.3, -0.25) is 0 Å². The van der Waals surface area contributed by atoms with Crippen LogP contribution >= 0.6 is 38.9 Å². The Morgan fingerprint density at radius 3 is 2.50 bits per heavy atom. The first kappa shape index (κ1) is 10.4. The van der Waals surface area contributed by atoms with Gasteiger partial charge in [-0.25, -0.2) is 0 Å². The second-order valence-corrected chi connectivity index (χ2v) is 8.34. The van der Waals surface area contributed by atoms with Crippen LogP contribution in [0.4, 0.5) is 0 Å². The molecule has 0 nitrogen and oxygen atoms in total. The fraction of sp³-hybridized carbons (Fsp3) is 0.692. The Bertz CT molecular complexity index is 413. The first-order valence-electron chi connectivity index (χ1n) is 6.15. The van der Waals surface area contributed by atoms with E-state index in [2.05, 4.69) is 22.0 Å². The number of hydrogen-bond acceptors (Lipinski definition) is 1. The molecule has 0 spiro atoms. The third kappa shape index (κ3) is 1.33. The molecule has 0 N–H and O–H groups in total. The molecule has 3 fully saturated rings. The summed E-state index contributed by atoms with van der Waals surface area (Å²) in [6, 6.07) is 4.23. The summed E-state index contributed by atoms with van der Waals surface area (Å²) in [6.07, 6.45) is 4.55. The normalized spacial score (nSPS) is 45.8. The van der Waals surface area contributed by atoms with Gasteiger partial charge in [0.05, 0.1) is 9.16 Å². The van der Waals surface area contributed by atoms with Crippen molar-refractivity contribution in [1.29, 1.82) is 0 Å². The SMILES string of the molecule is Clc1ccc(C(Br)C2C3C4CCC(C4)C32)s1. The highest BCUT2D eigenvalue weighted by molar-refractivity contribution is 9.09. The van der Waals surface area contributed by atoms with Crippen LogP contribution in [-0.4, -0.2) is 0 Å². The molecule has 3 aliphatic rings. The van der Waals surface area contributed by atoms with Gasteiger partial charge in [-0.05, 0) is 61.0 Å². The van der Waals surface area contributed by atoms with E-state index in [0.29, 0.717) is 4.83 Å². The van der Waals surface area contributed by atoms with Gasteiger partial charge in [0.25, 0.3) is 0 Å². The second kappa shape index (κ2) is 3.49. The highest BCUT2D eigenvalue weighted by Crippen LogP contribution is 2.73. The van der Waals surface area contributed by atoms with E-state index in [1.165, 1.54) is 24.1 Å². The van der Waals surface area contributed by atoms with Crippen LogP contribution in [0.5, 0.6) is 0 Å². The molecular formula is C13H14BrClS. The summed E-state index contributed by atoms with van der Waals surface area (Å²) in [7, 11) is 0. The molecule has 0 aromatic carbocycles. The van der Waals surface area contributed by atoms with Crippen molar-refractivity contribution in [3.05, 3.63) is 21.3 Å². The standard InChI is InChI=1S/C13H14BrClS/c14-13(8-3-4-9(15)16-8)12-10-6-1-2-7(5-6)11(10)12/h3-4,6-7,10-13H,1-2,5H2. The second-order valence-electron chi connectivity index (χ2n) is 5.61. The molecular weight excluding hydrogens is 304 g/mol. The van der Waals surface area contributed by atoms with Gasteiger partial charge in [0.15, 0.2) is 0 Å². The lowest BCUT2D eigenvalue weighted by Gasteiger charge is -2.12. The zero-order valence-corrected chi connectivity index (χ0v) is 12.1. The van der Waals surface area contributed by atoms with E-state index in [1.54, 1.807) is 11.3 Å².